The van der Waals surface area contributed by atoms with Crippen LogP contribution in [0.2, 0.25) is 0 Å². The highest BCUT2D eigenvalue weighted by Gasteiger charge is 2.21. The van der Waals surface area contributed by atoms with Gasteiger partial charge in [-0.25, -0.2) is 4.98 Å². The molecule has 1 aromatic carbocycles. The third kappa shape index (κ3) is 3.46. The number of oxazole rings is 1. The van der Waals surface area contributed by atoms with Crippen LogP contribution in [-0.4, -0.2) is 45.4 Å². The number of ether oxygens (including phenoxy) is 1. The molecule has 2 aromatic heterocycles. The van der Waals surface area contributed by atoms with Gasteiger partial charge in [-0.2, -0.15) is 11.8 Å². The maximum atomic E-state index is 12.4. The van der Waals surface area contributed by atoms with E-state index in [-0.39, 0.29) is 12.5 Å². The van der Waals surface area contributed by atoms with E-state index < -0.39 is 0 Å². The summed E-state index contributed by atoms with van der Waals surface area (Å²) in [4.78, 5) is 22.8. The van der Waals surface area contributed by atoms with Crippen molar-refractivity contribution in [3.05, 3.63) is 54.4 Å². The van der Waals surface area contributed by atoms with Crippen molar-refractivity contribution >= 4 is 28.6 Å². The average molecular weight is 355 g/mol. The van der Waals surface area contributed by atoms with Crippen LogP contribution < -0.4 is 4.74 Å². The van der Waals surface area contributed by atoms with Crippen LogP contribution in [0.4, 0.5) is 0 Å². The third-order valence-electron chi connectivity index (χ3n) is 4.02. The Kier molecular flexibility index (Phi) is 4.56. The molecule has 25 heavy (non-hydrogen) atoms. The molecular weight excluding hydrogens is 338 g/mol. The number of benzene rings is 1. The average Bonchev–Trinajstić information content (AvgIpc) is 3.15. The molecule has 0 atom stereocenters. The molecule has 0 bridgehead atoms. The molecule has 128 valence electrons. The van der Waals surface area contributed by atoms with Crippen molar-refractivity contribution in [3.63, 3.8) is 0 Å². The van der Waals surface area contributed by atoms with Crippen molar-refractivity contribution in [2.45, 2.75) is 6.61 Å². The van der Waals surface area contributed by atoms with Crippen LogP contribution in [0.1, 0.15) is 16.4 Å². The van der Waals surface area contributed by atoms with Gasteiger partial charge in [0.2, 0.25) is 5.89 Å². The quantitative estimate of drug-likeness (QED) is 0.717. The molecule has 1 saturated heterocycles. The molecule has 7 heteroatoms. The van der Waals surface area contributed by atoms with E-state index in [1.54, 1.807) is 6.20 Å². The zero-order valence-electron chi connectivity index (χ0n) is 13.6. The zero-order valence-corrected chi connectivity index (χ0v) is 14.4. The topological polar surface area (TPSA) is 68.5 Å². The van der Waals surface area contributed by atoms with Crippen LogP contribution in [0.15, 0.2) is 47.2 Å². The van der Waals surface area contributed by atoms with Gasteiger partial charge in [-0.05, 0) is 12.1 Å². The Balaban J connectivity index is 1.45. The molecule has 3 aromatic rings. The molecular formula is C18H17N3O3S. The smallest absolute Gasteiger partial charge is 0.275 e. The molecule has 0 N–H and O–H groups in total. The van der Waals surface area contributed by atoms with E-state index >= 15 is 0 Å². The second kappa shape index (κ2) is 7.14. The molecule has 3 heterocycles. The first kappa shape index (κ1) is 16.0. The van der Waals surface area contributed by atoms with Gasteiger partial charge in [-0.1, -0.05) is 18.2 Å². The first-order valence-electron chi connectivity index (χ1n) is 8.09. The summed E-state index contributed by atoms with van der Waals surface area (Å²) in [7, 11) is 0. The lowest BCUT2D eigenvalue weighted by atomic mass is 10.2. The summed E-state index contributed by atoms with van der Waals surface area (Å²) in [5.41, 5.74) is 1.13. The fourth-order valence-corrected chi connectivity index (χ4v) is 3.64. The van der Waals surface area contributed by atoms with Gasteiger partial charge in [-0.15, -0.1) is 0 Å². The van der Waals surface area contributed by atoms with E-state index in [9.17, 15) is 4.79 Å². The number of para-hydroxylation sites is 1. The van der Waals surface area contributed by atoms with Crippen LogP contribution in [0, 0.1) is 0 Å². The van der Waals surface area contributed by atoms with Gasteiger partial charge in [-0.3, -0.25) is 9.78 Å². The normalized spacial score (nSPS) is 14.6. The van der Waals surface area contributed by atoms with Gasteiger partial charge in [0.15, 0.2) is 12.3 Å². The van der Waals surface area contributed by atoms with E-state index in [4.69, 9.17) is 9.15 Å². The van der Waals surface area contributed by atoms with E-state index in [0.29, 0.717) is 17.3 Å². The second-order valence-electron chi connectivity index (χ2n) is 5.65. The van der Waals surface area contributed by atoms with Crippen LogP contribution in [0.3, 0.4) is 0 Å². The maximum absolute atomic E-state index is 12.4. The van der Waals surface area contributed by atoms with E-state index in [0.717, 1.165) is 35.5 Å². The van der Waals surface area contributed by atoms with Gasteiger partial charge in [0, 0.05) is 36.2 Å². The molecule has 1 aliphatic rings. The molecule has 1 amide bonds. The number of carbonyl (C=O) groups is 1. The lowest BCUT2D eigenvalue weighted by Crippen LogP contribution is -2.38. The Labute approximate surface area is 149 Å². The molecule has 4 rings (SSSR count). The molecule has 0 unspecified atom stereocenters. The van der Waals surface area contributed by atoms with Crippen molar-refractivity contribution in [1.82, 2.24) is 14.9 Å². The predicted octanol–water partition coefficient (Wildman–Crippen LogP) is 2.99. The summed E-state index contributed by atoms with van der Waals surface area (Å²) < 4.78 is 11.2. The highest BCUT2D eigenvalue weighted by molar-refractivity contribution is 7.99. The number of hydrogen-bond donors (Lipinski definition) is 0. The highest BCUT2D eigenvalue weighted by Crippen LogP contribution is 2.24. The number of rotatable bonds is 4. The number of fused-ring (bicyclic) bond motifs is 1. The first-order valence-corrected chi connectivity index (χ1v) is 9.25. The maximum Gasteiger partial charge on any atom is 0.275 e. The Hall–Kier alpha value is -2.54. The summed E-state index contributed by atoms with van der Waals surface area (Å²) in [6, 6.07) is 9.62. The molecule has 1 fully saturated rings. The molecule has 0 spiro atoms. The number of carbonyl (C=O) groups excluding carboxylic acids is 1. The van der Waals surface area contributed by atoms with Gasteiger partial charge >= 0.3 is 0 Å². The Morgan fingerprint density at radius 2 is 2.08 bits per heavy atom. The standard InChI is InChI=1S/C18H17N3O3S/c22-18(21-7-9-25-10-8-21)14-11-24-16(20-14)12-23-15-5-1-3-13-4-2-6-19-17(13)15/h1-6,11H,7-10,12H2. The molecule has 6 nitrogen and oxygen atoms in total. The minimum absolute atomic E-state index is 0.0814. The summed E-state index contributed by atoms with van der Waals surface area (Å²) in [6.45, 7) is 1.66. The Morgan fingerprint density at radius 1 is 1.24 bits per heavy atom. The monoisotopic (exact) mass is 355 g/mol. The fourth-order valence-electron chi connectivity index (χ4n) is 2.74. The summed E-state index contributed by atoms with van der Waals surface area (Å²) in [5, 5.41) is 1.01. The minimum Gasteiger partial charge on any atom is -0.482 e. The minimum atomic E-state index is -0.0814. The number of thioether (sulfide) groups is 1. The van der Waals surface area contributed by atoms with E-state index in [1.165, 1.54) is 6.26 Å². The van der Waals surface area contributed by atoms with Crippen molar-refractivity contribution in [1.29, 1.82) is 0 Å². The van der Waals surface area contributed by atoms with Gasteiger partial charge in [0.25, 0.3) is 5.91 Å². The van der Waals surface area contributed by atoms with Crippen molar-refractivity contribution in [2.75, 3.05) is 24.6 Å². The largest absolute Gasteiger partial charge is 0.482 e. The Morgan fingerprint density at radius 3 is 2.96 bits per heavy atom. The van der Waals surface area contributed by atoms with Gasteiger partial charge in [0.05, 0.1) is 0 Å². The van der Waals surface area contributed by atoms with Crippen molar-refractivity contribution < 1.29 is 13.9 Å². The first-order chi connectivity index (χ1) is 12.3. The molecule has 0 saturated carbocycles. The second-order valence-corrected chi connectivity index (χ2v) is 6.88. The van der Waals surface area contributed by atoms with Crippen LogP contribution in [-0.2, 0) is 6.61 Å². The molecule has 0 radical (unpaired) electrons. The summed E-state index contributed by atoms with van der Waals surface area (Å²) in [5.74, 6) is 2.89. The predicted molar refractivity (Wildman–Crippen MR) is 95.8 cm³/mol. The lowest BCUT2D eigenvalue weighted by molar-refractivity contribution is 0.0766. The number of pyridine rings is 1. The molecule has 1 aliphatic heterocycles. The van der Waals surface area contributed by atoms with Gasteiger partial charge < -0.3 is 14.1 Å². The van der Waals surface area contributed by atoms with Crippen molar-refractivity contribution in [3.8, 4) is 5.75 Å². The zero-order chi connectivity index (χ0) is 17.1. The third-order valence-corrected chi connectivity index (χ3v) is 4.96. The number of hydrogen-bond acceptors (Lipinski definition) is 6. The van der Waals surface area contributed by atoms with Crippen LogP contribution in [0.5, 0.6) is 5.75 Å². The number of amides is 1. The summed E-state index contributed by atoms with van der Waals surface area (Å²) in [6.07, 6.45) is 3.14. The fraction of sp³-hybridized carbons (Fsp3) is 0.278. The van der Waals surface area contributed by atoms with Crippen molar-refractivity contribution in [2.24, 2.45) is 0 Å². The van der Waals surface area contributed by atoms with Gasteiger partial charge in [0.1, 0.15) is 17.5 Å². The lowest BCUT2D eigenvalue weighted by Gasteiger charge is -2.25. The number of aromatic nitrogens is 2. The highest BCUT2D eigenvalue weighted by atomic mass is 32.2. The number of nitrogens with zero attached hydrogens (tertiary/aromatic N) is 3. The van der Waals surface area contributed by atoms with E-state index in [2.05, 4.69) is 9.97 Å². The van der Waals surface area contributed by atoms with Crippen LogP contribution >= 0.6 is 11.8 Å². The SMILES string of the molecule is O=C(c1coc(COc2cccc3cccnc23)n1)N1CCSCC1. The Bertz CT molecular complexity index is 885. The molecule has 0 aliphatic carbocycles. The summed E-state index contributed by atoms with van der Waals surface area (Å²) >= 11 is 1.86. The van der Waals surface area contributed by atoms with E-state index in [1.807, 2.05) is 47.0 Å². The van der Waals surface area contributed by atoms with Crippen LogP contribution in [0.25, 0.3) is 10.9 Å².